The minimum absolute atomic E-state index is 0.0424. The van der Waals surface area contributed by atoms with Gasteiger partial charge < -0.3 is 4.74 Å². The van der Waals surface area contributed by atoms with Crippen molar-refractivity contribution in [3.8, 4) is 0 Å². The van der Waals surface area contributed by atoms with E-state index in [4.69, 9.17) is 4.74 Å². The molecular weight excluding hydrogens is 374 g/mol. The molecule has 7 nitrogen and oxygen atoms in total. The van der Waals surface area contributed by atoms with Crippen molar-refractivity contribution >= 4 is 30.6 Å². The Kier molecular flexibility index (Phi) is 5.60. The van der Waals surface area contributed by atoms with Crippen LogP contribution in [-0.2, 0) is 11.3 Å². The maximum atomic E-state index is 12.6. The van der Waals surface area contributed by atoms with Crippen LogP contribution in [0.15, 0.2) is 48.5 Å². The molecule has 3 aromatic rings. The van der Waals surface area contributed by atoms with Crippen molar-refractivity contribution in [2.24, 2.45) is 0 Å². The van der Waals surface area contributed by atoms with Crippen molar-refractivity contribution < 1.29 is 14.5 Å². The van der Waals surface area contributed by atoms with E-state index in [-0.39, 0.29) is 5.69 Å². The number of nitro benzene ring substituents is 1. The highest BCUT2D eigenvalue weighted by atomic mass is 28.3. The summed E-state index contributed by atoms with van der Waals surface area (Å²) in [5.74, 6) is -0.420. The summed E-state index contributed by atoms with van der Waals surface area (Å²) >= 11 is 0. The van der Waals surface area contributed by atoms with Gasteiger partial charge in [0.2, 0.25) is 0 Å². The van der Waals surface area contributed by atoms with Crippen LogP contribution in [0, 0.1) is 10.1 Å². The number of benzene rings is 2. The number of hydrogen-bond donors (Lipinski definition) is 0. The third kappa shape index (κ3) is 4.64. The van der Waals surface area contributed by atoms with Gasteiger partial charge in [-0.25, -0.2) is 4.79 Å². The predicted octanol–water partition coefficient (Wildman–Crippen LogP) is 4.49. The zero-order chi connectivity index (χ0) is 20.3. The van der Waals surface area contributed by atoms with Gasteiger partial charge in [0.15, 0.2) is 5.69 Å². The highest BCUT2D eigenvalue weighted by molar-refractivity contribution is 6.76. The quantitative estimate of drug-likeness (QED) is 0.254. The summed E-state index contributed by atoms with van der Waals surface area (Å²) in [6, 6.07) is 14.7. The smallest absolute Gasteiger partial charge is 0.359 e. The van der Waals surface area contributed by atoms with Gasteiger partial charge in [0.1, 0.15) is 0 Å². The first-order valence-electron chi connectivity index (χ1n) is 9.10. The number of para-hydroxylation sites is 1. The molecule has 28 heavy (non-hydrogen) atoms. The Labute approximate surface area is 164 Å². The normalized spacial score (nSPS) is 11.5. The van der Waals surface area contributed by atoms with Gasteiger partial charge in [-0.3, -0.25) is 14.8 Å². The first-order chi connectivity index (χ1) is 13.2. The second-order valence-electron chi connectivity index (χ2n) is 7.89. The van der Waals surface area contributed by atoms with Crippen molar-refractivity contribution in [2.75, 3.05) is 6.61 Å². The van der Waals surface area contributed by atoms with Crippen molar-refractivity contribution in [1.82, 2.24) is 9.78 Å². The molecule has 1 heterocycles. The molecule has 0 saturated carbocycles. The molecule has 1 aromatic heterocycles. The van der Waals surface area contributed by atoms with E-state index in [1.807, 2.05) is 24.3 Å². The van der Waals surface area contributed by atoms with Gasteiger partial charge in [-0.1, -0.05) is 50.0 Å². The van der Waals surface area contributed by atoms with Gasteiger partial charge in [0, 0.05) is 25.6 Å². The number of hydrogen-bond acceptors (Lipinski definition) is 5. The molecular formula is C20H23N3O4Si. The number of nitrogens with zero attached hydrogens (tertiary/aromatic N) is 3. The van der Waals surface area contributed by atoms with Crippen LogP contribution in [0.5, 0.6) is 0 Å². The summed E-state index contributed by atoms with van der Waals surface area (Å²) in [6.45, 7) is 7.50. The zero-order valence-electron chi connectivity index (χ0n) is 16.2. The van der Waals surface area contributed by atoms with E-state index in [1.165, 1.54) is 12.1 Å². The second kappa shape index (κ2) is 7.93. The molecule has 0 aliphatic carbocycles. The molecule has 0 saturated heterocycles. The molecule has 0 aliphatic rings. The summed E-state index contributed by atoms with van der Waals surface area (Å²) < 4.78 is 7.19. The molecule has 146 valence electrons. The molecule has 0 bridgehead atoms. The Morgan fingerprint density at radius 2 is 1.82 bits per heavy atom. The Bertz CT molecular complexity index is 1010. The summed E-state index contributed by atoms with van der Waals surface area (Å²) in [4.78, 5) is 23.0. The van der Waals surface area contributed by atoms with Crippen molar-refractivity contribution in [2.45, 2.75) is 32.2 Å². The predicted molar refractivity (Wildman–Crippen MR) is 110 cm³/mol. The van der Waals surface area contributed by atoms with E-state index in [0.717, 1.165) is 22.5 Å². The minimum Gasteiger partial charge on any atom is -0.461 e. The number of ether oxygens (including phenoxy) is 1. The van der Waals surface area contributed by atoms with E-state index >= 15 is 0 Å². The summed E-state index contributed by atoms with van der Waals surface area (Å²) in [5.41, 5.74) is 2.02. The number of carbonyl (C=O) groups excluding carboxylic acids is 1. The molecule has 0 amide bonds. The molecule has 2 aromatic carbocycles. The van der Waals surface area contributed by atoms with Crippen LogP contribution in [0.3, 0.4) is 0 Å². The van der Waals surface area contributed by atoms with Crippen molar-refractivity contribution in [3.63, 3.8) is 0 Å². The lowest BCUT2D eigenvalue weighted by Gasteiger charge is -2.14. The van der Waals surface area contributed by atoms with Gasteiger partial charge >= 0.3 is 5.97 Å². The van der Waals surface area contributed by atoms with Crippen molar-refractivity contribution in [1.29, 1.82) is 0 Å². The van der Waals surface area contributed by atoms with Gasteiger partial charge in [0.25, 0.3) is 5.69 Å². The van der Waals surface area contributed by atoms with E-state index in [2.05, 4.69) is 24.7 Å². The summed E-state index contributed by atoms with van der Waals surface area (Å²) in [5, 5.41) is 16.0. The average molecular weight is 398 g/mol. The van der Waals surface area contributed by atoms with Gasteiger partial charge in [-0.15, -0.1) is 0 Å². The maximum absolute atomic E-state index is 12.6. The fraction of sp³-hybridized carbons (Fsp3) is 0.300. The van der Waals surface area contributed by atoms with Crippen LogP contribution in [0.2, 0.25) is 25.7 Å². The fourth-order valence-electron chi connectivity index (χ4n) is 2.81. The first kappa shape index (κ1) is 19.8. The van der Waals surface area contributed by atoms with Gasteiger partial charge in [-0.05, 0) is 17.7 Å². The number of aromatic nitrogens is 2. The van der Waals surface area contributed by atoms with Gasteiger partial charge in [0.05, 0.1) is 23.6 Å². The second-order valence-corrected chi connectivity index (χ2v) is 13.5. The zero-order valence-corrected chi connectivity index (χ0v) is 17.2. The molecule has 8 heteroatoms. The Morgan fingerprint density at radius 1 is 1.14 bits per heavy atom. The minimum atomic E-state index is -1.29. The standard InChI is InChI=1S/C20H23N3O4Si/c1-28(2,3)13-12-27-20(24)19-17-6-4-5-7-18(17)22(21-19)14-15-8-10-16(11-9-15)23(25)26/h4-11H,12-14H2,1-3H3. The monoisotopic (exact) mass is 397 g/mol. The number of non-ortho nitro benzene ring substituents is 1. The molecule has 0 radical (unpaired) electrons. The first-order valence-corrected chi connectivity index (χ1v) is 12.8. The lowest BCUT2D eigenvalue weighted by Crippen LogP contribution is -2.22. The molecule has 0 fully saturated rings. The molecule has 0 aliphatic heterocycles. The van der Waals surface area contributed by atoms with E-state index < -0.39 is 19.0 Å². The summed E-state index contributed by atoms with van der Waals surface area (Å²) in [7, 11) is -1.29. The topological polar surface area (TPSA) is 87.3 Å². The maximum Gasteiger partial charge on any atom is 0.359 e. The van der Waals surface area contributed by atoms with Crippen molar-refractivity contribution in [3.05, 3.63) is 69.9 Å². The number of esters is 1. The van der Waals surface area contributed by atoms with E-state index in [1.54, 1.807) is 16.8 Å². The lowest BCUT2D eigenvalue weighted by atomic mass is 10.2. The van der Waals surface area contributed by atoms with Crippen LogP contribution in [0.4, 0.5) is 5.69 Å². The number of rotatable bonds is 7. The Hall–Kier alpha value is -3.00. The van der Waals surface area contributed by atoms with Crippen LogP contribution in [0.1, 0.15) is 16.1 Å². The Morgan fingerprint density at radius 3 is 2.46 bits per heavy atom. The highest BCUT2D eigenvalue weighted by Crippen LogP contribution is 2.21. The SMILES string of the molecule is C[Si](C)(C)CCOC(=O)c1nn(Cc2ccc([N+](=O)[O-])cc2)c2ccccc12. The van der Waals surface area contributed by atoms with Crippen LogP contribution >= 0.6 is 0 Å². The third-order valence-electron chi connectivity index (χ3n) is 4.42. The third-order valence-corrected chi connectivity index (χ3v) is 6.12. The molecule has 0 atom stereocenters. The molecule has 0 N–H and O–H groups in total. The summed E-state index contributed by atoms with van der Waals surface area (Å²) in [6.07, 6.45) is 0. The van der Waals surface area contributed by atoms with Gasteiger partial charge in [-0.2, -0.15) is 5.10 Å². The molecule has 0 spiro atoms. The average Bonchev–Trinajstić information content (AvgIpc) is 3.00. The molecule has 0 unspecified atom stereocenters. The van der Waals surface area contributed by atoms with E-state index in [0.29, 0.717) is 18.8 Å². The van der Waals surface area contributed by atoms with Crippen LogP contribution in [0.25, 0.3) is 10.9 Å². The largest absolute Gasteiger partial charge is 0.461 e. The van der Waals surface area contributed by atoms with Crippen LogP contribution in [-0.4, -0.2) is 35.4 Å². The van der Waals surface area contributed by atoms with Crippen LogP contribution < -0.4 is 0 Å². The Balaban J connectivity index is 1.84. The lowest BCUT2D eigenvalue weighted by molar-refractivity contribution is -0.384. The highest BCUT2D eigenvalue weighted by Gasteiger charge is 2.20. The fourth-order valence-corrected chi connectivity index (χ4v) is 3.53. The number of fused-ring (bicyclic) bond motifs is 1. The number of nitro groups is 1. The van der Waals surface area contributed by atoms with E-state index in [9.17, 15) is 14.9 Å². The molecule has 3 rings (SSSR count). The number of carbonyl (C=O) groups is 1.